The molecule has 4 aromatic carbocycles. The molecule has 0 unspecified atom stereocenters. The van der Waals surface area contributed by atoms with E-state index in [1.165, 1.54) is 11.1 Å². The van der Waals surface area contributed by atoms with Crippen LogP contribution in [-0.4, -0.2) is 57.4 Å². The zero-order chi connectivity index (χ0) is 29.9. The number of rotatable bonds is 12. The summed E-state index contributed by atoms with van der Waals surface area (Å²) in [5, 5.41) is 0. The summed E-state index contributed by atoms with van der Waals surface area (Å²) in [7, 11) is 1.68. The lowest BCUT2D eigenvalue weighted by atomic mass is 9.90. The van der Waals surface area contributed by atoms with Crippen LogP contribution in [0.4, 0.5) is 0 Å². The highest BCUT2D eigenvalue weighted by Gasteiger charge is 2.13. The van der Waals surface area contributed by atoms with E-state index in [1.54, 1.807) is 7.11 Å². The Morgan fingerprint density at radius 3 is 1.93 bits per heavy atom. The summed E-state index contributed by atoms with van der Waals surface area (Å²) in [6.07, 6.45) is 1.01. The van der Waals surface area contributed by atoms with E-state index >= 15 is 0 Å². The number of hydrogen-bond donors (Lipinski definition) is 0. The second-order valence-corrected chi connectivity index (χ2v) is 10.7. The van der Waals surface area contributed by atoms with E-state index < -0.39 is 0 Å². The van der Waals surface area contributed by atoms with Gasteiger partial charge in [-0.15, -0.1) is 0 Å². The van der Waals surface area contributed by atoms with E-state index in [4.69, 9.17) is 18.9 Å². The minimum atomic E-state index is -0.283. The molecule has 0 N–H and O–H groups in total. The van der Waals surface area contributed by atoms with Crippen LogP contribution in [-0.2, 0) is 22.4 Å². The molecule has 6 heteroatoms. The molecule has 1 aliphatic heterocycles. The van der Waals surface area contributed by atoms with Crippen molar-refractivity contribution in [2.24, 2.45) is 0 Å². The smallest absolute Gasteiger partial charge is 0.315 e. The molecule has 1 saturated heterocycles. The van der Waals surface area contributed by atoms with Gasteiger partial charge >= 0.3 is 5.97 Å². The number of carbonyl (C=O) groups is 1. The average molecular weight is 578 g/mol. The van der Waals surface area contributed by atoms with E-state index in [9.17, 15) is 4.79 Å². The van der Waals surface area contributed by atoms with Crippen LogP contribution >= 0.6 is 0 Å². The summed E-state index contributed by atoms with van der Waals surface area (Å²) in [4.78, 5) is 14.9. The lowest BCUT2D eigenvalue weighted by Gasteiger charge is -2.26. The Kier molecular flexibility index (Phi) is 10.6. The molecule has 0 bridgehead atoms. The van der Waals surface area contributed by atoms with E-state index in [0.29, 0.717) is 12.4 Å². The molecule has 0 amide bonds. The molecule has 1 aliphatic rings. The third-order valence-corrected chi connectivity index (χ3v) is 7.54. The Hall–Kier alpha value is -4.39. The standard InChI is InChI=1S/C37H39NO5/c1-28(26-30-8-14-33(40-2)15-9-30)37(31-10-16-34(17-11-31)42-25-22-38-20-23-41-24-21-38)32-12-18-35(19-13-32)43-36(39)27-29-6-4-3-5-7-29/h3-19H,20-27H2,1-2H3/b37-28+. The SMILES string of the molecule is COc1ccc(C/C(C)=C(\c2ccc(OCCN3CCOCC3)cc2)c2ccc(OC(=O)Cc3ccccc3)cc2)cc1. The maximum absolute atomic E-state index is 12.5. The van der Waals surface area contributed by atoms with Gasteiger partial charge in [0.05, 0.1) is 26.7 Å². The van der Waals surface area contributed by atoms with Gasteiger partial charge < -0.3 is 18.9 Å². The number of nitrogens with zero attached hydrogens (tertiary/aromatic N) is 1. The van der Waals surface area contributed by atoms with Gasteiger partial charge in [-0.25, -0.2) is 0 Å². The number of morpholine rings is 1. The van der Waals surface area contributed by atoms with Crippen molar-refractivity contribution in [1.29, 1.82) is 0 Å². The van der Waals surface area contributed by atoms with Gasteiger partial charge in [0.1, 0.15) is 23.9 Å². The minimum Gasteiger partial charge on any atom is -0.497 e. The zero-order valence-electron chi connectivity index (χ0n) is 25.0. The third-order valence-electron chi connectivity index (χ3n) is 7.54. The summed E-state index contributed by atoms with van der Waals surface area (Å²) >= 11 is 0. The first-order valence-electron chi connectivity index (χ1n) is 14.8. The van der Waals surface area contributed by atoms with Crippen molar-refractivity contribution in [3.63, 3.8) is 0 Å². The maximum atomic E-state index is 12.5. The number of carbonyl (C=O) groups excluding carboxylic acids is 1. The molecule has 0 radical (unpaired) electrons. The van der Waals surface area contributed by atoms with Crippen molar-refractivity contribution in [3.8, 4) is 17.2 Å². The first kappa shape index (κ1) is 30.1. The van der Waals surface area contributed by atoms with E-state index in [-0.39, 0.29) is 12.4 Å². The monoisotopic (exact) mass is 577 g/mol. The Morgan fingerprint density at radius 1 is 0.721 bits per heavy atom. The molecule has 6 nitrogen and oxygen atoms in total. The average Bonchev–Trinajstić information content (AvgIpc) is 3.04. The third kappa shape index (κ3) is 8.80. The molecule has 1 heterocycles. The second-order valence-electron chi connectivity index (χ2n) is 10.7. The van der Waals surface area contributed by atoms with E-state index in [2.05, 4.69) is 36.1 Å². The molecule has 0 aromatic heterocycles. The number of ether oxygens (including phenoxy) is 4. The summed E-state index contributed by atoms with van der Waals surface area (Å²) in [6, 6.07) is 33.9. The number of esters is 1. The van der Waals surface area contributed by atoms with Crippen LogP contribution in [0.5, 0.6) is 17.2 Å². The number of hydrogen-bond acceptors (Lipinski definition) is 6. The van der Waals surface area contributed by atoms with Gasteiger partial charge in [-0.3, -0.25) is 9.69 Å². The molecule has 0 spiro atoms. The Balaban J connectivity index is 1.32. The normalized spacial score (nSPS) is 14.1. The molecule has 0 aliphatic carbocycles. The Bertz CT molecular complexity index is 1470. The molecule has 0 saturated carbocycles. The predicted molar refractivity (Wildman–Crippen MR) is 170 cm³/mol. The second kappa shape index (κ2) is 15.2. The van der Waals surface area contributed by atoms with Gasteiger partial charge in [-0.1, -0.05) is 72.3 Å². The number of benzene rings is 4. The van der Waals surface area contributed by atoms with Crippen LogP contribution in [0.1, 0.15) is 29.2 Å². The molecule has 222 valence electrons. The lowest BCUT2D eigenvalue weighted by molar-refractivity contribution is -0.133. The highest BCUT2D eigenvalue weighted by molar-refractivity contribution is 5.83. The molecule has 4 aromatic rings. The Labute approximate surface area is 254 Å². The molecule has 43 heavy (non-hydrogen) atoms. The van der Waals surface area contributed by atoms with Crippen molar-refractivity contribution < 1.29 is 23.7 Å². The van der Waals surface area contributed by atoms with Gasteiger partial charge in [-0.2, -0.15) is 0 Å². The van der Waals surface area contributed by atoms with Crippen LogP contribution in [0.15, 0.2) is 109 Å². The van der Waals surface area contributed by atoms with Crippen molar-refractivity contribution >= 4 is 11.5 Å². The summed E-state index contributed by atoms with van der Waals surface area (Å²) in [5.74, 6) is 1.94. The largest absolute Gasteiger partial charge is 0.497 e. The van der Waals surface area contributed by atoms with Crippen LogP contribution < -0.4 is 14.2 Å². The maximum Gasteiger partial charge on any atom is 0.315 e. The first-order valence-corrected chi connectivity index (χ1v) is 14.8. The van der Waals surface area contributed by atoms with Gasteiger partial charge in [0, 0.05) is 19.6 Å². The highest BCUT2D eigenvalue weighted by Crippen LogP contribution is 2.31. The van der Waals surface area contributed by atoms with Crippen LogP contribution in [0.2, 0.25) is 0 Å². The minimum absolute atomic E-state index is 0.232. The molecule has 0 atom stereocenters. The quantitative estimate of drug-likeness (QED) is 0.139. The van der Waals surface area contributed by atoms with Gasteiger partial charge in [0.15, 0.2) is 0 Å². The fourth-order valence-corrected chi connectivity index (χ4v) is 5.25. The molecule has 5 rings (SSSR count). The fourth-order valence-electron chi connectivity index (χ4n) is 5.25. The van der Waals surface area contributed by atoms with Gasteiger partial charge in [-0.05, 0) is 77.6 Å². The lowest BCUT2D eigenvalue weighted by Crippen LogP contribution is -2.38. The molecular weight excluding hydrogens is 538 g/mol. The highest BCUT2D eigenvalue weighted by atomic mass is 16.5. The van der Waals surface area contributed by atoms with Crippen LogP contribution in [0, 0.1) is 0 Å². The van der Waals surface area contributed by atoms with Crippen LogP contribution in [0.25, 0.3) is 5.57 Å². The zero-order valence-corrected chi connectivity index (χ0v) is 25.0. The van der Waals surface area contributed by atoms with E-state index in [1.807, 2.05) is 78.9 Å². The molecule has 1 fully saturated rings. The Morgan fingerprint density at radius 2 is 1.30 bits per heavy atom. The van der Waals surface area contributed by atoms with E-state index in [0.717, 1.165) is 73.0 Å². The topological polar surface area (TPSA) is 57.2 Å². The van der Waals surface area contributed by atoms with Gasteiger partial charge in [0.2, 0.25) is 0 Å². The van der Waals surface area contributed by atoms with Crippen molar-refractivity contribution in [2.45, 2.75) is 19.8 Å². The van der Waals surface area contributed by atoms with Crippen molar-refractivity contribution in [2.75, 3.05) is 46.6 Å². The predicted octanol–water partition coefficient (Wildman–Crippen LogP) is 6.62. The number of methoxy groups -OCH3 is 1. The molecular formula is C37H39NO5. The van der Waals surface area contributed by atoms with Crippen molar-refractivity contribution in [1.82, 2.24) is 4.90 Å². The summed E-state index contributed by atoms with van der Waals surface area (Å²) in [6.45, 7) is 7.18. The number of allylic oxidation sites excluding steroid dienone is 1. The van der Waals surface area contributed by atoms with Crippen LogP contribution in [0.3, 0.4) is 0 Å². The first-order chi connectivity index (χ1) is 21.1. The van der Waals surface area contributed by atoms with Crippen molar-refractivity contribution in [3.05, 3.63) is 131 Å². The fraction of sp³-hybridized carbons (Fsp3) is 0.270. The van der Waals surface area contributed by atoms with Gasteiger partial charge in [0.25, 0.3) is 0 Å². The summed E-state index contributed by atoms with van der Waals surface area (Å²) in [5.41, 5.74) is 6.63. The summed E-state index contributed by atoms with van der Waals surface area (Å²) < 4.78 is 22.5.